The summed E-state index contributed by atoms with van der Waals surface area (Å²) in [6, 6.07) is 22.2. The summed E-state index contributed by atoms with van der Waals surface area (Å²) in [5.74, 6) is -3.43. The summed E-state index contributed by atoms with van der Waals surface area (Å²) in [6.45, 7) is 11.7. The van der Waals surface area contributed by atoms with Crippen molar-refractivity contribution in [2.24, 2.45) is 7.05 Å². The first-order valence-corrected chi connectivity index (χ1v) is 19.0. The number of nitriles is 1. The Labute approximate surface area is 342 Å². The van der Waals surface area contributed by atoms with Gasteiger partial charge < -0.3 is 33.6 Å². The van der Waals surface area contributed by atoms with Gasteiger partial charge in [0.1, 0.15) is 41.2 Å². The lowest BCUT2D eigenvalue weighted by molar-refractivity contribution is -0.00592. The maximum Gasteiger partial charge on any atom is 0.421 e. The predicted octanol–water partition coefficient (Wildman–Crippen LogP) is 10.9. The predicted molar refractivity (Wildman–Crippen MR) is 216 cm³/mol. The third kappa shape index (κ3) is 11.7. The topological polar surface area (TPSA) is 150 Å². The summed E-state index contributed by atoms with van der Waals surface area (Å²) in [5.41, 5.74) is -1.34. The Morgan fingerprint density at radius 3 is 2.14 bits per heavy atom. The fourth-order valence-corrected chi connectivity index (χ4v) is 5.61. The molecule has 0 fully saturated rings. The lowest BCUT2D eigenvalue weighted by atomic mass is 10.1. The number of rotatable bonds is 14. The van der Waals surface area contributed by atoms with E-state index in [4.69, 9.17) is 23.7 Å². The first kappa shape index (κ1) is 43.4. The monoisotopic (exact) mass is 810 g/mol. The van der Waals surface area contributed by atoms with E-state index in [1.807, 2.05) is 50.4 Å². The van der Waals surface area contributed by atoms with E-state index in [-0.39, 0.29) is 35.8 Å². The fraction of sp³-hybridized carbons (Fsp3) is 0.341. The maximum atomic E-state index is 17.0. The Morgan fingerprint density at radius 1 is 0.881 bits per heavy atom. The van der Waals surface area contributed by atoms with Gasteiger partial charge in [-0.2, -0.15) is 23.9 Å². The minimum absolute atomic E-state index is 0.0238. The van der Waals surface area contributed by atoms with Gasteiger partial charge in [0.05, 0.1) is 11.6 Å². The van der Waals surface area contributed by atoms with Gasteiger partial charge in [0.15, 0.2) is 11.5 Å². The van der Waals surface area contributed by atoms with Crippen molar-refractivity contribution in [2.45, 2.75) is 91.7 Å². The molecule has 0 radical (unpaired) electrons. The third-order valence-electron chi connectivity index (χ3n) is 8.30. The zero-order valence-corrected chi connectivity index (χ0v) is 34.3. The van der Waals surface area contributed by atoms with E-state index in [2.05, 4.69) is 15.3 Å². The number of pyridine rings is 1. The largest absolute Gasteiger partial charge is 0.485 e. The Hall–Kier alpha value is -6.69. The molecule has 15 heteroatoms. The lowest BCUT2D eigenvalue weighted by Crippen LogP contribution is -2.52. The van der Waals surface area contributed by atoms with E-state index < -0.39 is 58.6 Å². The molecule has 13 nitrogen and oxygen atoms in total. The fourth-order valence-electron chi connectivity index (χ4n) is 5.61. The molecule has 3 aromatic carbocycles. The molecule has 2 amide bonds. The SMILES string of the molecule is CCCCC(Nc1c(F)c(Oc2cccc(-c3nccn3C)c2)nc(Oc2cc(C#N)ccc2OCc2ccccc2)c1F)N(C(=O)OC(C)(C)C)C(=O)OC(C)(C)C. The van der Waals surface area contributed by atoms with Gasteiger partial charge in [-0.1, -0.05) is 55.8 Å². The van der Waals surface area contributed by atoms with Crippen molar-refractivity contribution in [3.63, 3.8) is 0 Å². The molecule has 1 atom stereocenters. The van der Waals surface area contributed by atoms with Crippen molar-refractivity contribution >= 4 is 17.9 Å². The second-order valence-corrected chi connectivity index (χ2v) is 15.5. The number of hydrogen-bond donors (Lipinski definition) is 1. The number of unbranched alkanes of at least 4 members (excludes halogenated alkanes) is 1. The number of anilines is 1. The summed E-state index contributed by atoms with van der Waals surface area (Å²) in [6.07, 6.45) is 0.775. The van der Waals surface area contributed by atoms with E-state index in [1.165, 1.54) is 18.2 Å². The minimum Gasteiger partial charge on any atom is -0.485 e. The molecule has 310 valence electrons. The van der Waals surface area contributed by atoms with Crippen LogP contribution in [0.25, 0.3) is 11.4 Å². The van der Waals surface area contributed by atoms with Crippen LogP contribution in [0, 0.1) is 23.0 Å². The molecule has 1 N–H and O–H groups in total. The van der Waals surface area contributed by atoms with Crippen LogP contribution >= 0.6 is 0 Å². The number of halogens is 2. The van der Waals surface area contributed by atoms with Gasteiger partial charge in [0, 0.05) is 31.1 Å². The van der Waals surface area contributed by atoms with Crippen LogP contribution in [0.3, 0.4) is 0 Å². The summed E-state index contributed by atoms with van der Waals surface area (Å²) < 4.78 is 64.9. The van der Waals surface area contributed by atoms with Gasteiger partial charge in [-0.25, -0.2) is 14.6 Å². The normalized spacial score (nSPS) is 11.9. The number of ether oxygens (including phenoxy) is 5. The third-order valence-corrected chi connectivity index (χ3v) is 8.30. The molecule has 2 aromatic heterocycles. The minimum atomic E-state index is -1.41. The summed E-state index contributed by atoms with van der Waals surface area (Å²) in [7, 11) is 1.81. The number of amides is 2. The molecule has 0 saturated heterocycles. The van der Waals surface area contributed by atoms with Crippen molar-refractivity contribution in [3.8, 4) is 46.5 Å². The highest BCUT2D eigenvalue weighted by Crippen LogP contribution is 2.40. The highest BCUT2D eigenvalue weighted by molar-refractivity contribution is 5.89. The zero-order chi connectivity index (χ0) is 42.9. The van der Waals surface area contributed by atoms with Crippen LogP contribution in [0.1, 0.15) is 78.9 Å². The number of nitrogens with zero attached hydrogens (tertiary/aromatic N) is 5. The average Bonchev–Trinajstić information content (AvgIpc) is 3.61. The van der Waals surface area contributed by atoms with Crippen LogP contribution in [-0.4, -0.2) is 49.0 Å². The van der Waals surface area contributed by atoms with Gasteiger partial charge in [-0.15, -0.1) is 0 Å². The number of aryl methyl sites for hydroxylation is 1. The number of carbonyl (C=O) groups excluding carboxylic acids is 2. The number of nitrogens with one attached hydrogen (secondary N) is 1. The van der Waals surface area contributed by atoms with E-state index in [0.29, 0.717) is 29.1 Å². The number of imide groups is 1. The molecule has 59 heavy (non-hydrogen) atoms. The van der Waals surface area contributed by atoms with Crippen molar-refractivity contribution in [1.29, 1.82) is 5.26 Å². The number of imidazole rings is 1. The molecule has 2 heterocycles. The number of benzene rings is 3. The summed E-state index contributed by atoms with van der Waals surface area (Å²) >= 11 is 0. The first-order chi connectivity index (χ1) is 28.0. The van der Waals surface area contributed by atoms with Crippen LogP contribution < -0.4 is 19.5 Å². The highest BCUT2D eigenvalue weighted by Gasteiger charge is 2.38. The molecule has 0 aliphatic rings. The van der Waals surface area contributed by atoms with Gasteiger partial charge in [-0.05, 0) is 84.2 Å². The summed E-state index contributed by atoms with van der Waals surface area (Å²) in [4.78, 5) is 36.7. The molecule has 0 saturated carbocycles. The second kappa shape index (κ2) is 18.7. The van der Waals surface area contributed by atoms with Crippen LogP contribution in [-0.2, 0) is 23.1 Å². The molecular formula is C44H48F2N6O7. The van der Waals surface area contributed by atoms with E-state index in [9.17, 15) is 14.9 Å². The molecule has 1 unspecified atom stereocenters. The molecule has 0 aliphatic carbocycles. The van der Waals surface area contributed by atoms with Crippen molar-refractivity contribution in [2.75, 3.05) is 5.32 Å². The number of hydrogen-bond acceptors (Lipinski definition) is 11. The van der Waals surface area contributed by atoms with Gasteiger partial charge >= 0.3 is 12.2 Å². The van der Waals surface area contributed by atoms with Crippen molar-refractivity contribution in [1.82, 2.24) is 19.4 Å². The Balaban J connectivity index is 1.64. The first-order valence-electron chi connectivity index (χ1n) is 19.0. The quantitative estimate of drug-likeness (QED) is 0.107. The molecule has 0 spiro atoms. The molecular weight excluding hydrogens is 763 g/mol. The molecule has 0 bridgehead atoms. The standard InChI is InChI=1S/C44H48F2N6O7/c1-9-10-19-34(52(41(53)58-43(2,3)4)42(54)59-44(5,6)7)49-37-35(45)39(56-31-18-14-17-30(25-31)38-48-22-23-51(38)8)50-40(36(37)46)57-33-24-29(26-47)20-21-32(33)55-27-28-15-12-11-13-16-28/h11-18,20-25,34H,9-10,19,27H2,1-8H3,(H,49,50). The Kier molecular flexibility index (Phi) is 13.8. The van der Waals surface area contributed by atoms with Gasteiger partial charge in [0.25, 0.3) is 11.8 Å². The van der Waals surface area contributed by atoms with Crippen LogP contribution in [0.4, 0.5) is 24.1 Å². The van der Waals surface area contributed by atoms with Gasteiger partial charge in [0.2, 0.25) is 11.6 Å². The smallest absolute Gasteiger partial charge is 0.421 e. The average molecular weight is 811 g/mol. The van der Waals surface area contributed by atoms with Crippen LogP contribution in [0.2, 0.25) is 0 Å². The van der Waals surface area contributed by atoms with Crippen molar-refractivity contribution in [3.05, 3.63) is 108 Å². The maximum absolute atomic E-state index is 17.0. The van der Waals surface area contributed by atoms with Gasteiger partial charge in [-0.3, -0.25) is 0 Å². The summed E-state index contributed by atoms with van der Waals surface area (Å²) in [5, 5.41) is 12.5. The second-order valence-electron chi connectivity index (χ2n) is 15.5. The lowest BCUT2D eigenvalue weighted by Gasteiger charge is -2.34. The van der Waals surface area contributed by atoms with Crippen LogP contribution in [0.5, 0.6) is 29.0 Å². The highest BCUT2D eigenvalue weighted by atomic mass is 19.1. The number of carbonyl (C=O) groups is 2. The Bertz CT molecular complexity index is 2270. The van der Waals surface area contributed by atoms with E-state index in [0.717, 1.165) is 5.56 Å². The van der Waals surface area contributed by atoms with Crippen molar-refractivity contribution < 1.29 is 42.1 Å². The zero-order valence-electron chi connectivity index (χ0n) is 34.3. The molecule has 5 rings (SSSR count). The van der Waals surface area contributed by atoms with Crippen LogP contribution in [0.15, 0.2) is 85.2 Å². The molecule has 5 aromatic rings. The Morgan fingerprint density at radius 2 is 1.54 bits per heavy atom. The van der Waals surface area contributed by atoms with E-state index >= 15 is 8.78 Å². The number of aromatic nitrogens is 3. The molecule has 0 aliphatic heterocycles. The van der Waals surface area contributed by atoms with E-state index in [1.54, 1.807) is 82.8 Å².